The van der Waals surface area contributed by atoms with Crippen LogP contribution >= 0.6 is 11.8 Å². The fraction of sp³-hybridized carbons (Fsp3) is 0.875. The molecule has 0 aromatic rings. The van der Waals surface area contributed by atoms with Crippen LogP contribution in [0.15, 0.2) is 0 Å². The molecule has 0 bridgehead atoms. The number of rotatable bonds is 4. The predicted octanol–water partition coefficient (Wildman–Crippen LogP) is 3.19. The number of thioether (sulfide) groups is 1. The van der Waals surface area contributed by atoms with Gasteiger partial charge in [-0.3, -0.25) is 0 Å². The average Bonchev–Trinajstić information content (AvgIpc) is 1.82. The van der Waals surface area contributed by atoms with E-state index in [0.717, 1.165) is 11.8 Å². The SMILES string of the molecule is C[CH]SCC(C)C(C)C. The molecule has 0 nitrogen and oxygen atoms in total. The van der Waals surface area contributed by atoms with Gasteiger partial charge in [-0.25, -0.2) is 0 Å². The second-order valence-corrected chi connectivity index (χ2v) is 3.93. The highest BCUT2D eigenvalue weighted by molar-refractivity contribution is 8.01. The first-order valence-corrected chi connectivity index (χ1v) is 4.62. The zero-order valence-corrected chi connectivity index (χ0v) is 7.66. The van der Waals surface area contributed by atoms with Gasteiger partial charge in [0.05, 0.1) is 0 Å². The van der Waals surface area contributed by atoms with E-state index in [2.05, 4.69) is 33.4 Å². The summed E-state index contributed by atoms with van der Waals surface area (Å²) in [7, 11) is 0. The van der Waals surface area contributed by atoms with Crippen LogP contribution in [0.3, 0.4) is 0 Å². The molecule has 0 aliphatic heterocycles. The molecule has 0 fully saturated rings. The molecule has 0 amide bonds. The standard InChI is InChI=1S/C8H17S/c1-5-9-6-8(4)7(2)3/h5,7-8H,6H2,1-4H3. The molecule has 1 atom stereocenters. The fourth-order valence-electron chi connectivity index (χ4n) is 0.440. The van der Waals surface area contributed by atoms with E-state index in [1.54, 1.807) is 0 Å². The molecular formula is C8H17S. The van der Waals surface area contributed by atoms with Crippen LogP contribution in [0.4, 0.5) is 0 Å². The normalized spacial score (nSPS) is 14.3. The largest absolute Gasteiger partial charge is 0.157 e. The van der Waals surface area contributed by atoms with Crippen LogP contribution in [-0.4, -0.2) is 5.75 Å². The maximum atomic E-state index is 2.31. The van der Waals surface area contributed by atoms with Gasteiger partial charge in [0, 0.05) is 5.75 Å². The van der Waals surface area contributed by atoms with Crippen molar-refractivity contribution in [2.75, 3.05) is 5.75 Å². The molecule has 55 valence electrons. The van der Waals surface area contributed by atoms with Crippen LogP contribution in [0.25, 0.3) is 0 Å². The zero-order chi connectivity index (χ0) is 7.28. The Balaban J connectivity index is 3.16. The monoisotopic (exact) mass is 145 g/mol. The Hall–Kier alpha value is 0.350. The molecule has 0 aliphatic rings. The molecule has 0 N–H and O–H groups in total. The van der Waals surface area contributed by atoms with Crippen molar-refractivity contribution in [3.05, 3.63) is 5.75 Å². The summed E-state index contributed by atoms with van der Waals surface area (Å²) < 4.78 is 0. The Labute approximate surface area is 63.4 Å². The Morgan fingerprint density at radius 1 is 1.33 bits per heavy atom. The smallest absolute Gasteiger partial charge is 0.0135 e. The molecule has 1 radical (unpaired) electrons. The first-order chi connectivity index (χ1) is 4.18. The molecule has 0 saturated heterocycles. The lowest BCUT2D eigenvalue weighted by atomic mass is 10.0. The first kappa shape index (κ1) is 9.35. The molecule has 0 aromatic heterocycles. The summed E-state index contributed by atoms with van der Waals surface area (Å²) in [6, 6.07) is 0. The van der Waals surface area contributed by atoms with Gasteiger partial charge in [-0.2, -0.15) is 11.8 Å². The van der Waals surface area contributed by atoms with Gasteiger partial charge < -0.3 is 0 Å². The lowest BCUT2D eigenvalue weighted by Crippen LogP contribution is -2.05. The minimum atomic E-state index is 0.831. The van der Waals surface area contributed by atoms with Crippen LogP contribution in [0, 0.1) is 17.6 Å². The van der Waals surface area contributed by atoms with Crippen LogP contribution in [0.1, 0.15) is 27.7 Å². The van der Waals surface area contributed by atoms with Gasteiger partial charge in [-0.15, -0.1) is 0 Å². The topological polar surface area (TPSA) is 0 Å². The maximum absolute atomic E-state index is 2.31. The molecule has 0 heterocycles. The van der Waals surface area contributed by atoms with E-state index in [9.17, 15) is 0 Å². The Morgan fingerprint density at radius 2 is 1.89 bits per heavy atom. The third-order valence-electron chi connectivity index (χ3n) is 1.66. The second-order valence-electron chi connectivity index (χ2n) is 2.79. The van der Waals surface area contributed by atoms with E-state index in [1.165, 1.54) is 5.75 Å². The lowest BCUT2D eigenvalue weighted by Gasteiger charge is -2.13. The minimum absolute atomic E-state index is 0.831. The van der Waals surface area contributed by atoms with E-state index in [-0.39, 0.29) is 0 Å². The highest BCUT2D eigenvalue weighted by atomic mass is 32.2. The summed E-state index contributed by atoms with van der Waals surface area (Å²) in [5.74, 6) is 5.12. The van der Waals surface area contributed by atoms with E-state index in [0.29, 0.717) is 0 Å². The molecular weight excluding hydrogens is 128 g/mol. The van der Waals surface area contributed by atoms with Crippen molar-refractivity contribution < 1.29 is 0 Å². The van der Waals surface area contributed by atoms with Crippen LogP contribution in [-0.2, 0) is 0 Å². The van der Waals surface area contributed by atoms with Crippen molar-refractivity contribution >= 4 is 11.8 Å². The quantitative estimate of drug-likeness (QED) is 0.585. The van der Waals surface area contributed by atoms with Gasteiger partial charge in [0.25, 0.3) is 0 Å². The van der Waals surface area contributed by atoms with Gasteiger partial charge in [0.15, 0.2) is 0 Å². The van der Waals surface area contributed by atoms with Crippen LogP contribution < -0.4 is 0 Å². The maximum Gasteiger partial charge on any atom is 0.0135 e. The summed E-state index contributed by atoms with van der Waals surface area (Å²) in [4.78, 5) is 0. The van der Waals surface area contributed by atoms with E-state index in [1.807, 2.05) is 11.8 Å². The fourth-order valence-corrected chi connectivity index (χ4v) is 1.32. The summed E-state index contributed by atoms with van der Waals surface area (Å²) in [5, 5.41) is 0. The number of hydrogen-bond donors (Lipinski definition) is 0. The second kappa shape index (κ2) is 5.16. The molecule has 9 heavy (non-hydrogen) atoms. The molecule has 0 spiro atoms. The van der Waals surface area contributed by atoms with Crippen LogP contribution in [0.2, 0.25) is 0 Å². The van der Waals surface area contributed by atoms with E-state index < -0.39 is 0 Å². The lowest BCUT2D eigenvalue weighted by molar-refractivity contribution is 0.465. The molecule has 0 rings (SSSR count). The van der Waals surface area contributed by atoms with Gasteiger partial charge in [-0.05, 0) is 17.6 Å². The Morgan fingerprint density at radius 3 is 2.22 bits per heavy atom. The van der Waals surface area contributed by atoms with Crippen molar-refractivity contribution in [3.8, 4) is 0 Å². The van der Waals surface area contributed by atoms with Gasteiger partial charge in [0.1, 0.15) is 0 Å². The summed E-state index contributed by atoms with van der Waals surface area (Å²) >= 11 is 1.92. The van der Waals surface area contributed by atoms with Crippen molar-refractivity contribution in [1.82, 2.24) is 0 Å². The van der Waals surface area contributed by atoms with Crippen LogP contribution in [0.5, 0.6) is 0 Å². The molecule has 0 aromatic carbocycles. The molecule has 1 unspecified atom stereocenters. The molecule has 0 aliphatic carbocycles. The number of hydrogen-bond acceptors (Lipinski definition) is 1. The third-order valence-corrected chi connectivity index (χ3v) is 2.72. The molecule has 0 saturated carbocycles. The van der Waals surface area contributed by atoms with Gasteiger partial charge in [0.2, 0.25) is 0 Å². The van der Waals surface area contributed by atoms with E-state index >= 15 is 0 Å². The summed E-state index contributed by atoms with van der Waals surface area (Å²) in [6.07, 6.45) is 0. The average molecular weight is 145 g/mol. The highest BCUT2D eigenvalue weighted by Gasteiger charge is 2.04. The summed E-state index contributed by atoms with van der Waals surface area (Å²) in [6.45, 7) is 8.96. The highest BCUT2D eigenvalue weighted by Crippen LogP contribution is 2.17. The van der Waals surface area contributed by atoms with Crippen molar-refractivity contribution in [1.29, 1.82) is 0 Å². The Kier molecular flexibility index (Phi) is 5.36. The van der Waals surface area contributed by atoms with Crippen molar-refractivity contribution in [2.24, 2.45) is 11.8 Å². The third kappa shape index (κ3) is 4.83. The van der Waals surface area contributed by atoms with E-state index in [4.69, 9.17) is 0 Å². The minimum Gasteiger partial charge on any atom is -0.157 e. The first-order valence-electron chi connectivity index (χ1n) is 3.58. The Bertz CT molecular complexity index is 59.6. The zero-order valence-electron chi connectivity index (χ0n) is 6.85. The van der Waals surface area contributed by atoms with Gasteiger partial charge in [-0.1, -0.05) is 27.7 Å². The van der Waals surface area contributed by atoms with Gasteiger partial charge >= 0.3 is 0 Å². The van der Waals surface area contributed by atoms with Crippen molar-refractivity contribution in [2.45, 2.75) is 27.7 Å². The van der Waals surface area contributed by atoms with Crippen molar-refractivity contribution in [3.63, 3.8) is 0 Å². The predicted molar refractivity (Wildman–Crippen MR) is 46.4 cm³/mol. The molecule has 1 heteroatoms. The summed E-state index contributed by atoms with van der Waals surface area (Å²) in [5.41, 5.74) is 0.